The van der Waals surface area contributed by atoms with Gasteiger partial charge in [0.15, 0.2) is 0 Å². The molecule has 0 aliphatic heterocycles. The number of nitriles is 1. The quantitative estimate of drug-likeness (QED) is 0.825. The van der Waals surface area contributed by atoms with Crippen molar-refractivity contribution in [1.82, 2.24) is 4.72 Å². The zero-order chi connectivity index (χ0) is 14.1. The predicted molar refractivity (Wildman–Crippen MR) is 65.6 cm³/mol. The lowest BCUT2D eigenvalue weighted by Gasteiger charge is -2.11. The molecule has 19 heavy (non-hydrogen) atoms. The molecule has 0 saturated heterocycles. The van der Waals surface area contributed by atoms with E-state index in [0.717, 1.165) is 0 Å². The Morgan fingerprint density at radius 3 is 2.37 bits per heavy atom. The molecule has 6 nitrogen and oxygen atoms in total. The van der Waals surface area contributed by atoms with Gasteiger partial charge in [-0.2, -0.15) is 5.26 Å². The predicted octanol–water partition coefficient (Wildman–Crippen LogP) is 0.701. The lowest BCUT2D eigenvalue weighted by Crippen LogP contribution is -2.34. The Hall–Kier alpha value is -1.91. The summed E-state index contributed by atoms with van der Waals surface area (Å²) in [6, 6.07) is 7.34. The number of carboxylic acid groups (broad SMARTS) is 1. The summed E-state index contributed by atoms with van der Waals surface area (Å²) in [5.74, 6) is -0.977. The largest absolute Gasteiger partial charge is 0.481 e. The molecule has 100 valence electrons. The van der Waals surface area contributed by atoms with E-state index in [1.54, 1.807) is 0 Å². The first-order valence-electron chi connectivity index (χ1n) is 5.63. The van der Waals surface area contributed by atoms with Crippen LogP contribution in [0, 0.1) is 16.7 Å². The number of carboxylic acids is 1. The van der Waals surface area contributed by atoms with Crippen molar-refractivity contribution >= 4 is 16.0 Å². The van der Waals surface area contributed by atoms with E-state index in [9.17, 15) is 13.2 Å². The summed E-state index contributed by atoms with van der Waals surface area (Å²) < 4.78 is 26.2. The van der Waals surface area contributed by atoms with E-state index < -0.39 is 21.4 Å². The molecular formula is C12H12N2O4S. The molecule has 1 aromatic rings. The second kappa shape index (κ2) is 4.64. The van der Waals surface area contributed by atoms with Crippen molar-refractivity contribution in [2.75, 3.05) is 6.54 Å². The van der Waals surface area contributed by atoms with E-state index in [1.165, 1.54) is 24.3 Å². The van der Waals surface area contributed by atoms with Gasteiger partial charge >= 0.3 is 5.97 Å². The lowest BCUT2D eigenvalue weighted by molar-refractivity contribution is -0.143. The maximum absolute atomic E-state index is 11.9. The van der Waals surface area contributed by atoms with Crippen LogP contribution >= 0.6 is 0 Å². The number of nitrogens with zero attached hydrogens (tertiary/aromatic N) is 1. The number of hydrogen-bond acceptors (Lipinski definition) is 4. The third kappa shape index (κ3) is 2.75. The van der Waals surface area contributed by atoms with E-state index in [4.69, 9.17) is 10.4 Å². The molecule has 1 saturated carbocycles. The van der Waals surface area contributed by atoms with Crippen molar-refractivity contribution in [2.24, 2.45) is 5.41 Å². The summed E-state index contributed by atoms with van der Waals surface area (Å²) in [6.45, 7) is -0.106. The fourth-order valence-corrected chi connectivity index (χ4v) is 2.77. The summed E-state index contributed by atoms with van der Waals surface area (Å²) in [4.78, 5) is 11.0. The van der Waals surface area contributed by atoms with Gasteiger partial charge in [-0.3, -0.25) is 4.79 Å². The molecule has 0 spiro atoms. The molecule has 1 aromatic carbocycles. The molecular weight excluding hydrogens is 268 g/mol. The van der Waals surface area contributed by atoms with E-state index in [1.807, 2.05) is 6.07 Å². The Morgan fingerprint density at radius 2 is 1.95 bits per heavy atom. The zero-order valence-electron chi connectivity index (χ0n) is 9.96. The SMILES string of the molecule is N#Cc1ccc(S(=O)(=O)NCC2(C(=O)O)CC2)cc1. The van der Waals surface area contributed by atoms with Crippen molar-refractivity contribution in [1.29, 1.82) is 5.26 Å². The van der Waals surface area contributed by atoms with E-state index in [0.29, 0.717) is 18.4 Å². The smallest absolute Gasteiger partial charge is 0.310 e. The van der Waals surface area contributed by atoms with E-state index >= 15 is 0 Å². The van der Waals surface area contributed by atoms with Crippen LogP contribution in [0.25, 0.3) is 0 Å². The molecule has 0 radical (unpaired) electrons. The van der Waals surface area contributed by atoms with Crippen LogP contribution in [0.2, 0.25) is 0 Å². The molecule has 7 heteroatoms. The van der Waals surface area contributed by atoms with Crippen molar-refractivity contribution in [3.05, 3.63) is 29.8 Å². The number of aliphatic carboxylic acids is 1. The Kier molecular flexibility index (Phi) is 3.30. The molecule has 1 aliphatic rings. The third-order valence-corrected chi connectivity index (χ3v) is 4.62. The minimum atomic E-state index is -3.73. The van der Waals surface area contributed by atoms with Crippen molar-refractivity contribution in [3.8, 4) is 6.07 Å². The molecule has 0 aromatic heterocycles. The number of rotatable bonds is 5. The van der Waals surface area contributed by atoms with Crippen molar-refractivity contribution in [2.45, 2.75) is 17.7 Å². The van der Waals surface area contributed by atoms with Gasteiger partial charge in [0.2, 0.25) is 10.0 Å². The van der Waals surface area contributed by atoms with Crippen LogP contribution < -0.4 is 4.72 Å². The summed E-state index contributed by atoms with van der Waals surface area (Å²) in [5, 5.41) is 17.6. The molecule has 0 atom stereocenters. The number of carbonyl (C=O) groups is 1. The maximum atomic E-state index is 11.9. The second-order valence-corrected chi connectivity index (χ2v) is 6.31. The molecule has 1 aliphatic carbocycles. The third-order valence-electron chi connectivity index (χ3n) is 3.20. The minimum absolute atomic E-state index is 0.0210. The van der Waals surface area contributed by atoms with Crippen LogP contribution in [-0.4, -0.2) is 26.0 Å². The topological polar surface area (TPSA) is 107 Å². The van der Waals surface area contributed by atoms with Gasteiger partial charge in [-0.05, 0) is 37.1 Å². The number of benzene rings is 1. The van der Waals surface area contributed by atoms with Gasteiger partial charge in [0.25, 0.3) is 0 Å². The molecule has 1 fully saturated rings. The van der Waals surface area contributed by atoms with E-state index in [-0.39, 0.29) is 11.4 Å². The van der Waals surface area contributed by atoms with Crippen LogP contribution in [-0.2, 0) is 14.8 Å². The number of hydrogen-bond donors (Lipinski definition) is 2. The highest BCUT2D eigenvalue weighted by atomic mass is 32.2. The van der Waals surface area contributed by atoms with E-state index in [2.05, 4.69) is 4.72 Å². The second-order valence-electron chi connectivity index (χ2n) is 4.55. The number of nitrogens with one attached hydrogen (secondary N) is 1. The molecule has 2 rings (SSSR count). The molecule has 0 heterocycles. The van der Waals surface area contributed by atoms with Crippen LogP contribution in [0.1, 0.15) is 18.4 Å². The summed E-state index contributed by atoms with van der Waals surface area (Å²) in [7, 11) is -3.73. The van der Waals surface area contributed by atoms with Gasteiger partial charge in [0, 0.05) is 6.54 Å². The highest BCUT2D eigenvalue weighted by Gasteiger charge is 2.50. The minimum Gasteiger partial charge on any atom is -0.481 e. The fourth-order valence-electron chi connectivity index (χ4n) is 1.64. The maximum Gasteiger partial charge on any atom is 0.310 e. The van der Waals surface area contributed by atoms with Crippen LogP contribution in [0.3, 0.4) is 0 Å². The van der Waals surface area contributed by atoms with Gasteiger partial charge in [-0.1, -0.05) is 0 Å². The molecule has 2 N–H and O–H groups in total. The zero-order valence-corrected chi connectivity index (χ0v) is 10.8. The highest BCUT2D eigenvalue weighted by Crippen LogP contribution is 2.45. The monoisotopic (exact) mass is 280 g/mol. The van der Waals surface area contributed by atoms with Crippen molar-refractivity contribution < 1.29 is 18.3 Å². The molecule has 0 unspecified atom stereocenters. The van der Waals surface area contributed by atoms with Gasteiger partial charge in [-0.25, -0.2) is 13.1 Å². The van der Waals surface area contributed by atoms with Crippen molar-refractivity contribution in [3.63, 3.8) is 0 Å². The fraction of sp³-hybridized carbons (Fsp3) is 0.333. The Labute approximate surface area is 110 Å². The standard InChI is InChI=1S/C12H12N2O4S/c13-7-9-1-3-10(4-2-9)19(17,18)14-8-12(5-6-12)11(15)16/h1-4,14H,5-6,8H2,(H,15,16). The molecule has 0 amide bonds. The van der Waals surface area contributed by atoms with Crippen LogP contribution in [0.5, 0.6) is 0 Å². The van der Waals surface area contributed by atoms with Crippen LogP contribution in [0.15, 0.2) is 29.2 Å². The average molecular weight is 280 g/mol. The van der Waals surface area contributed by atoms with Crippen LogP contribution in [0.4, 0.5) is 0 Å². The molecule has 0 bridgehead atoms. The summed E-state index contributed by atoms with van der Waals surface area (Å²) in [5.41, 5.74) is -0.581. The first-order valence-corrected chi connectivity index (χ1v) is 7.11. The van der Waals surface area contributed by atoms with Gasteiger partial charge < -0.3 is 5.11 Å². The Bertz CT molecular complexity index is 639. The Morgan fingerprint density at radius 1 is 1.37 bits per heavy atom. The lowest BCUT2D eigenvalue weighted by atomic mass is 10.1. The first-order chi connectivity index (χ1) is 8.89. The first kappa shape index (κ1) is 13.5. The Balaban J connectivity index is 2.10. The highest BCUT2D eigenvalue weighted by molar-refractivity contribution is 7.89. The average Bonchev–Trinajstić information content (AvgIpc) is 3.18. The summed E-state index contributed by atoms with van der Waals surface area (Å²) >= 11 is 0. The van der Waals surface area contributed by atoms with Gasteiger partial charge in [0.05, 0.1) is 21.9 Å². The van der Waals surface area contributed by atoms with Gasteiger partial charge in [0.1, 0.15) is 0 Å². The number of sulfonamides is 1. The summed E-state index contributed by atoms with van der Waals surface area (Å²) in [6.07, 6.45) is 0.969. The normalized spacial score (nSPS) is 16.6. The van der Waals surface area contributed by atoms with Gasteiger partial charge in [-0.15, -0.1) is 0 Å².